The summed E-state index contributed by atoms with van der Waals surface area (Å²) in [5, 5.41) is 11.5. The Bertz CT molecular complexity index is 422. The van der Waals surface area contributed by atoms with Gasteiger partial charge in [-0.1, -0.05) is 13.0 Å². The van der Waals surface area contributed by atoms with Crippen molar-refractivity contribution in [1.29, 1.82) is 0 Å². The molecule has 2 N–H and O–H groups in total. The van der Waals surface area contributed by atoms with Crippen LogP contribution < -0.4 is 5.32 Å². The normalized spacial score (nSPS) is 11.7. The van der Waals surface area contributed by atoms with Crippen LogP contribution in [0.15, 0.2) is 24.5 Å². The van der Waals surface area contributed by atoms with Crippen LogP contribution in [0.3, 0.4) is 0 Å². The van der Waals surface area contributed by atoms with Gasteiger partial charge < -0.3 is 15.3 Å². The molecule has 1 unspecified atom stereocenters. The number of carboxylic acids is 1. The predicted octanol–water partition coefficient (Wildman–Crippen LogP) is 1.33. The topological polar surface area (TPSA) is 82.5 Å². The molecule has 6 heteroatoms. The SMILES string of the molecule is CCC(CNC(=O)N(C)Cc1cccnc1)C(=O)O. The molecule has 104 valence electrons. The van der Waals surface area contributed by atoms with E-state index in [9.17, 15) is 9.59 Å². The van der Waals surface area contributed by atoms with Crippen LogP contribution in [0.5, 0.6) is 0 Å². The summed E-state index contributed by atoms with van der Waals surface area (Å²) in [5.74, 6) is -1.44. The maximum atomic E-state index is 11.8. The third-order valence-corrected chi connectivity index (χ3v) is 2.83. The Hall–Kier alpha value is -2.11. The molecule has 0 fully saturated rings. The average molecular weight is 265 g/mol. The molecule has 1 rings (SSSR count). The monoisotopic (exact) mass is 265 g/mol. The Labute approximate surface area is 112 Å². The van der Waals surface area contributed by atoms with Gasteiger partial charge in [0.25, 0.3) is 0 Å². The number of urea groups is 1. The third kappa shape index (κ3) is 4.95. The van der Waals surface area contributed by atoms with Crippen LogP contribution in [0.4, 0.5) is 4.79 Å². The molecule has 1 aromatic heterocycles. The van der Waals surface area contributed by atoms with Gasteiger partial charge in [0.15, 0.2) is 0 Å². The smallest absolute Gasteiger partial charge is 0.317 e. The molecule has 0 aliphatic carbocycles. The van der Waals surface area contributed by atoms with Gasteiger partial charge in [-0.2, -0.15) is 0 Å². The molecule has 1 aromatic rings. The molecule has 0 aromatic carbocycles. The minimum absolute atomic E-state index is 0.141. The number of carboxylic acid groups (broad SMARTS) is 1. The van der Waals surface area contributed by atoms with E-state index in [1.807, 2.05) is 6.07 Å². The number of amides is 2. The molecule has 0 aliphatic heterocycles. The predicted molar refractivity (Wildman–Crippen MR) is 70.5 cm³/mol. The second kappa shape index (κ2) is 7.35. The minimum atomic E-state index is -0.891. The number of aliphatic carboxylic acids is 1. The highest BCUT2D eigenvalue weighted by atomic mass is 16.4. The van der Waals surface area contributed by atoms with E-state index in [2.05, 4.69) is 10.3 Å². The molecule has 19 heavy (non-hydrogen) atoms. The lowest BCUT2D eigenvalue weighted by Crippen LogP contribution is -2.40. The van der Waals surface area contributed by atoms with Crippen LogP contribution in [0.25, 0.3) is 0 Å². The van der Waals surface area contributed by atoms with E-state index in [1.54, 1.807) is 32.4 Å². The number of rotatable bonds is 6. The number of carbonyl (C=O) groups is 2. The van der Waals surface area contributed by atoms with Gasteiger partial charge in [0.1, 0.15) is 0 Å². The third-order valence-electron chi connectivity index (χ3n) is 2.83. The summed E-state index contributed by atoms with van der Waals surface area (Å²) in [7, 11) is 1.66. The van der Waals surface area contributed by atoms with Crippen molar-refractivity contribution < 1.29 is 14.7 Å². The highest BCUT2D eigenvalue weighted by molar-refractivity contribution is 5.75. The molecule has 0 radical (unpaired) electrons. The average Bonchev–Trinajstić information content (AvgIpc) is 2.39. The first-order valence-electron chi connectivity index (χ1n) is 6.15. The Kier molecular flexibility index (Phi) is 5.78. The Balaban J connectivity index is 2.43. The second-order valence-corrected chi connectivity index (χ2v) is 4.35. The Morgan fingerprint density at radius 1 is 1.53 bits per heavy atom. The molecule has 0 aliphatic rings. The van der Waals surface area contributed by atoms with Gasteiger partial charge in [-0.3, -0.25) is 9.78 Å². The van der Waals surface area contributed by atoms with Gasteiger partial charge >= 0.3 is 12.0 Å². The van der Waals surface area contributed by atoms with Gasteiger partial charge in [-0.25, -0.2) is 4.79 Å². The fourth-order valence-electron chi connectivity index (χ4n) is 1.59. The van der Waals surface area contributed by atoms with Crippen LogP contribution in [-0.2, 0) is 11.3 Å². The summed E-state index contributed by atoms with van der Waals surface area (Å²) in [6.07, 6.45) is 3.85. The standard InChI is InChI=1S/C13H19N3O3/c1-3-11(12(17)18)8-15-13(19)16(2)9-10-5-4-6-14-7-10/h4-7,11H,3,8-9H2,1-2H3,(H,15,19)(H,17,18). The van der Waals surface area contributed by atoms with Gasteiger partial charge in [0.05, 0.1) is 5.92 Å². The zero-order chi connectivity index (χ0) is 14.3. The van der Waals surface area contributed by atoms with Crippen LogP contribution in [0.1, 0.15) is 18.9 Å². The van der Waals surface area contributed by atoms with Gasteiger partial charge in [-0.15, -0.1) is 0 Å². The Morgan fingerprint density at radius 2 is 2.26 bits per heavy atom. The maximum absolute atomic E-state index is 11.8. The number of carbonyl (C=O) groups excluding carboxylic acids is 1. The lowest BCUT2D eigenvalue weighted by atomic mass is 10.1. The lowest BCUT2D eigenvalue weighted by Gasteiger charge is -2.19. The van der Waals surface area contributed by atoms with Crippen molar-refractivity contribution in [1.82, 2.24) is 15.2 Å². The van der Waals surface area contributed by atoms with Gasteiger partial charge in [0, 0.05) is 32.5 Å². The summed E-state index contributed by atoms with van der Waals surface area (Å²) in [6.45, 7) is 2.36. The minimum Gasteiger partial charge on any atom is -0.481 e. The fraction of sp³-hybridized carbons (Fsp3) is 0.462. The highest BCUT2D eigenvalue weighted by Crippen LogP contribution is 2.03. The first kappa shape index (κ1) is 14.9. The van der Waals surface area contributed by atoms with Crippen LogP contribution in [0, 0.1) is 5.92 Å². The highest BCUT2D eigenvalue weighted by Gasteiger charge is 2.17. The molecular formula is C13H19N3O3. The zero-order valence-electron chi connectivity index (χ0n) is 11.2. The first-order chi connectivity index (χ1) is 9.04. The molecule has 2 amide bonds. The summed E-state index contributed by atoms with van der Waals surface area (Å²) in [4.78, 5) is 28.1. The zero-order valence-corrected chi connectivity index (χ0v) is 11.2. The number of pyridine rings is 1. The van der Waals surface area contributed by atoms with Crippen molar-refractivity contribution in [2.75, 3.05) is 13.6 Å². The second-order valence-electron chi connectivity index (χ2n) is 4.35. The molecule has 1 atom stereocenters. The molecule has 6 nitrogen and oxygen atoms in total. The largest absolute Gasteiger partial charge is 0.481 e. The van der Waals surface area contributed by atoms with E-state index in [0.717, 1.165) is 5.56 Å². The molecule has 0 bridgehead atoms. The number of nitrogens with one attached hydrogen (secondary N) is 1. The van der Waals surface area contributed by atoms with Crippen LogP contribution >= 0.6 is 0 Å². The van der Waals surface area contributed by atoms with E-state index >= 15 is 0 Å². The summed E-state index contributed by atoms with van der Waals surface area (Å²) >= 11 is 0. The quantitative estimate of drug-likeness (QED) is 0.813. The van der Waals surface area contributed by atoms with E-state index in [4.69, 9.17) is 5.11 Å². The Morgan fingerprint density at radius 3 is 2.79 bits per heavy atom. The number of aromatic nitrogens is 1. The van der Waals surface area contributed by atoms with Crippen molar-refractivity contribution >= 4 is 12.0 Å². The van der Waals surface area contributed by atoms with Crippen LogP contribution in [0.2, 0.25) is 0 Å². The molecule has 0 saturated carbocycles. The molecular weight excluding hydrogens is 246 g/mol. The fourth-order valence-corrected chi connectivity index (χ4v) is 1.59. The maximum Gasteiger partial charge on any atom is 0.317 e. The number of hydrogen-bond donors (Lipinski definition) is 2. The summed E-state index contributed by atoms with van der Waals surface area (Å²) in [6, 6.07) is 3.39. The summed E-state index contributed by atoms with van der Waals surface area (Å²) in [5.41, 5.74) is 0.922. The van der Waals surface area contributed by atoms with E-state index in [1.165, 1.54) is 4.90 Å². The lowest BCUT2D eigenvalue weighted by molar-refractivity contribution is -0.141. The van der Waals surface area contributed by atoms with Gasteiger partial charge in [-0.05, 0) is 18.1 Å². The van der Waals surface area contributed by atoms with E-state index < -0.39 is 11.9 Å². The molecule has 0 spiro atoms. The van der Waals surface area contributed by atoms with Crippen molar-refractivity contribution in [2.24, 2.45) is 5.92 Å². The van der Waals surface area contributed by atoms with Gasteiger partial charge in [0.2, 0.25) is 0 Å². The van der Waals surface area contributed by atoms with Crippen LogP contribution in [-0.4, -0.2) is 40.6 Å². The summed E-state index contributed by atoms with van der Waals surface area (Å²) < 4.78 is 0. The van der Waals surface area contributed by atoms with E-state index in [0.29, 0.717) is 13.0 Å². The number of nitrogens with zero attached hydrogens (tertiary/aromatic N) is 2. The number of hydrogen-bond acceptors (Lipinski definition) is 3. The van der Waals surface area contributed by atoms with Crippen molar-refractivity contribution in [3.63, 3.8) is 0 Å². The molecule has 0 saturated heterocycles. The van der Waals surface area contributed by atoms with E-state index in [-0.39, 0.29) is 12.6 Å². The first-order valence-corrected chi connectivity index (χ1v) is 6.15. The van der Waals surface area contributed by atoms with Crippen molar-refractivity contribution in [3.8, 4) is 0 Å². The molecule has 1 heterocycles. The van der Waals surface area contributed by atoms with Crippen molar-refractivity contribution in [2.45, 2.75) is 19.9 Å². The van der Waals surface area contributed by atoms with Crippen molar-refractivity contribution in [3.05, 3.63) is 30.1 Å².